The van der Waals surface area contributed by atoms with E-state index in [1.165, 1.54) is 18.5 Å². The lowest BCUT2D eigenvalue weighted by molar-refractivity contribution is -0.141. The van der Waals surface area contributed by atoms with Crippen molar-refractivity contribution in [3.63, 3.8) is 0 Å². The van der Waals surface area contributed by atoms with Crippen molar-refractivity contribution in [1.82, 2.24) is 30.4 Å². The van der Waals surface area contributed by atoms with Gasteiger partial charge in [-0.25, -0.2) is 0 Å². The first-order valence-corrected chi connectivity index (χ1v) is 17.7. The minimum atomic E-state index is -5.01. The third-order valence-electron chi connectivity index (χ3n) is 8.96. The van der Waals surface area contributed by atoms with E-state index in [1.807, 2.05) is 37.0 Å². The summed E-state index contributed by atoms with van der Waals surface area (Å²) in [5.41, 5.74) is -3.48. The summed E-state index contributed by atoms with van der Waals surface area (Å²) >= 11 is 0. The van der Waals surface area contributed by atoms with Crippen molar-refractivity contribution in [2.45, 2.75) is 12.4 Å². The number of halogens is 6. The van der Waals surface area contributed by atoms with E-state index in [0.29, 0.717) is 26.8 Å². The third-order valence-corrected chi connectivity index (χ3v) is 11.1. The Labute approximate surface area is 293 Å². The molecule has 0 aliphatic carbocycles. The van der Waals surface area contributed by atoms with E-state index in [-0.39, 0.29) is 33.9 Å². The van der Waals surface area contributed by atoms with E-state index in [0.717, 1.165) is 5.30 Å². The Hall–Kier alpha value is -5.87. The van der Waals surface area contributed by atoms with Gasteiger partial charge in [0, 0.05) is 39.9 Å². The molecule has 1 unspecified atom stereocenters. The molecule has 13 heteroatoms. The standard InChI is InChI=1S/C39H25F6N6P/c1-52(24-12-3-2-4-13-24)28-17-9-16-27(30-34(48-50-36(30)38(40,41)42)32-25-14-7-5-10-22(25)18-20-46-32)29(28)31-35(49-51-37(31)39(43,44)45)33-26-15-8-6-11-23(26)19-21-47-33/h2-21H,1H3,(H,48,50)(H,49,51). The van der Waals surface area contributed by atoms with E-state index in [1.54, 1.807) is 72.8 Å². The minimum absolute atomic E-state index is 0.0702. The zero-order valence-corrected chi connectivity index (χ0v) is 27.9. The predicted octanol–water partition coefficient (Wildman–Crippen LogP) is 10.00. The van der Waals surface area contributed by atoms with Crippen LogP contribution in [0.25, 0.3) is 66.6 Å². The maximum absolute atomic E-state index is 15.2. The molecular weight excluding hydrogens is 697 g/mol. The molecule has 0 saturated heterocycles. The van der Waals surface area contributed by atoms with Crippen LogP contribution < -0.4 is 10.6 Å². The van der Waals surface area contributed by atoms with Gasteiger partial charge < -0.3 is 0 Å². The molecule has 4 aromatic heterocycles. The van der Waals surface area contributed by atoms with E-state index in [2.05, 4.69) is 30.4 Å². The largest absolute Gasteiger partial charge is 0.435 e. The summed E-state index contributed by atoms with van der Waals surface area (Å²) in [5, 5.41) is 16.4. The van der Waals surface area contributed by atoms with Crippen LogP contribution in [-0.4, -0.2) is 37.0 Å². The van der Waals surface area contributed by atoms with Crippen LogP contribution >= 0.6 is 7.92 Å². The first-order chi connectivity index (χ1) is 25.0. The van der Waals surface area contributed by atoms with Crippen LogP contribution in [0.4, 0.5) is 26.3 Å². The molecule has 6 nitrogen and oxygen atoms in total. The summed E-state index contributed by atoms with van der Waals surface area (Å²) in [5.74, 6) is 0. The summed E-state index contributed by atoms with van der Waals surface area (Å²) in [7, 11) is -1.44. The number of benzene rings is 4. The number of aromatic amines is 2. The van der Waals surface area contributed by atoms with Crippen LogP contribution in [0.2, 0.25) is 0 Å². The fourth-order valence-corrected chi connectivity index (χ4v) is 8.44. The number of aromatic nitrogens is 6. The molecule has 52 heavy (non-hydrogen) atoms. The number of hydrogen-bond acceptors (Lipinski definition) is 4. The molecule has 0 bridgehead atoms. The second-order valence-corrected chi connectivity index (χ2v) is 14.1. The molecule has 0 amide bonds. The van der Waals surface area contributed by atoms with Gasteiger partial charge in [-0.3, -0.25) is 20.2 Å². The molecule has 0 spiro atoms. The van der Waals surface area contributed by atoms with Crippen LogP contribution in [0, 0.1) is 0 Å². The van der Waals surface area contributed by atoms with Crippen LogP contribution in [0.1, 0.15) is 11.4 Å². The minimum Gasteiger partial charge on any atom is -0.275 e. The van der Waals surface area contributed by atoms with Gasteiger partial charge in [-0.05, 0) is 53.7 Å². The Bertz CT molecular complexity index is 2580. The molecule has 1 atom stereocenters. The van der Waals surface area contributed by atoms with E-state index >= 15 is 26.3 Å². The van der Waals surface area contributed by atoms with E-state index in [9.17, 15) is 0 Å². The van der Waals surface area contributed by atoms with Gasteiger partial charge in [0.25, 0.3) is 0 Å². The molecular formula is C39H25F6N6P. The lowest BCUT2D eigenvalue weighted by Crippen LogP contribution is -2.17. The number of nitrogens with zero attached hydrogens (tertiary/aromatic N) is 4. The fraction of sp³-hybridized carbons (Fsp3) is 0.0769. The van der Waals surface area contributed by atoms with Gasteiger partial charge in [-0.2, -0.15) is 36.5 Å². The predicted molar refractivity (Wildman–Crippen MR) is 192 cm³/mol. The SMILES string of the molecule is CP(c1ccccc1)c1cccc(-c2c(C(F)(F)F)n[nH]c2-c2nccc3ccccc23)c1-c1c(C(F)(F)F)n[nH]c1-c1nccc2ccccc12. The Morgan fingerprint density at radius 3 is 1.58 bits per heavy atom. The maximum atomic E-state index is 15.2. The zero-order valence-electron chi connectivity index (χ0n) is 27.1. The molecule has 2 N–H and O–H groups in total. The van der Waals surface area contributed by atoms with Crippen molar-refractivity contribution in [1.29, 1.82) is 0 Å². The van der Waals surface area contributed by atoms with Gasteiger partial charge in [0.2, 0.25) is 0 Å². The van der Waals surface area contributed by atoms with Crippen LogP contribution in [0.15, 0.2) is 122 Å². The Balaban J connectivity index is 1.53. The van der Waals surface area contributed by atoms with Crippen molar-refractivity contribution < 1.29 is 26.3 Å². The highest BCUT2D eigenvalue weighted by molar-refractivity contribution is 7.72. The van der Waals surface area contributed by atoms with E-state index < -0.39 is 42.8 Å². The molecule has 0 aliphatic rings. The summed E-state index contributed by atoms with van der Waals surface area (Å²) < 4.78 is 90.7. The number of rotatable bonds is 6. The number of pyridine rings is 2. The average Bonchev–Trinajstić information content (AvgIpc) is 3.80. The molecule has 0 fully saturated rings. The highest BCUT2D eigenvalue weighted by Gasteiger charge is 2.43. The summed E-state index contributed by atoms with van der Waals surface area (Å²) in [6.45, 7) is 1.86. The molecule has 258 valence electrons. The Kier molecular flexibility index (Phi) is 8.14. The highest BCUT2D eigenvalue weighted by Crippen LogP contribution is 2.51. The number of nitrogens with one attached hydrogen (secondary N) is 2. The van der Waals surface area contributed by atoms with Gasteiger partial charge in [0.05, 0.1) is 22.8 Å². The van der Waals surface area contributed by atoms with Crippen LogP contribution in [-0.2, 0) is 12.4 Å². The molecule has 0 radical (unpaired) electrons. The number of H-pyrrole nitrogens is 2. The Morgan fingerprint density at radius 1 is 0.519 bits per heavy atom. The average molecular weight is 723 g/mol. The number of hydrogen-bond donors (Lipinski definition) is 2. The second-order valence-electron chi connectivity index (χ2n) is 12.0. The quantitative estimate of drug-likeness (QED) is 0.132. The van der Waals surface area contributed by atoms with Gasteiger partial charge in [0.15, 0.2) is 11.4 Å². The fourth-order valence-electron chi connectivity index (χ4n) is 6.66. The maximum Gasteiger partial charge on any atom is 0.435 e. The zero-order chi connectivity index (χ0) is 36.2. The summed E-state index contributed by atoms with van der Waals surface area (Å²) in [4.78, 5) is 8.97. The molecule has 0 saturated carbocycles. The summed E-state index contributed by atoms with van der Waals surface area (Å²) in [6, 6.07) is 31.3. The smallest absolute Gasteiger partial charge is 0.275 e. The highest BCUT2D eigenvalue weighted by atomic mass is 31.1. The number of alkyl halides is 6. The molecule has 8 rings (SSSR count). The first kappa shape index (κ1) is 33.3. The summed E-state index contributed by atoms with van der Waals surface area (Å²) in [6.07, 6.45) is -7.07. The first-order valence-electron chi connectivity index (χ1n) is 15.9. The van der Waals surface area contributed by atoms with Gasteiger partial charge in [-0.15, -0.1) is 0 Å². The Morgan fingerprint density at radius 2 is 1.02 bits per heavy atom. The third kappa shape index (κ3) is 5.69. The lowest BCUT2D eigenvalue weighted by atomic mass is 9.89. The normalized spacial score (nSPS) is 12.8. The van der Waals surface area contributed by atoms with E-state index in [4.69, 9.17) is 0 Å². The van der Waals surface area contributed by atoms with Gasteiger partial charge in [0.1, 0.15) is 0 Å². The molecule has 4 aromatic carbocycles. The van der Waals surface area contributed by atoms with Crippen LogP contribution in [0.5, 0.6) is 0 Å². The van der Waals surface area contributed by atoms with Crippen molar-refractivity contribution in [3.8, 4) is 45.0 Å². The number of fused-ring (bicyclic) bond motifs is 2. The van der Waals surface area contributed by atoms with Gasteiger partial charge >= 0.3 is 12.4 Å². The van der Waals surface area contributed by atoms with Crippen molar-refractivity contribution >= 4 is 40.1 Å². The van der Waals surface area contributed by atoms with Crippen molar-refractivity contribution in [2.75, 3.05) is 6.66 Å². The lowest BCUT2D eigenvalue weighted by Gasteiger charge is -2.23. The topological polar surface area (TPSA) is 83.1 Å². The molecule has 4 heterocycles. The van der Waals surface area contributed by atoms with Crippen molar-refractivity contribution in [3.05, 3.63) is 133 Å². The van der Waals surface area contributed by atoms with Crippen LogP contribution in [0.3, 0.4) is 0 Å². The van der Waals surface area contributed by atoms with Gasteiger partial charge in [-0.1, -0.05) is 97.1 Å². The molecule has 0 aliphatic heterocycles. The van der Waals surface area contributed by atoms with Crippen molar-refractivity contribution in [2.24, 2.45) is 0 Å². The monoisotopic (exact) mass is 722 g/mol. The molecule has 8 aromatic rings. The second kappa shape index (κ2) is 12.7.